The van der Waals surface area contributed by atoms with Gasteiger partial charge in [0.25, 0.3) is 0 Å². The van der Waals surface area contributed by atoms with Crippen LogP contribution in [0.25, 0.3) is 0 Å². The smallest absolute Gasteiger partial charge is 0.0521 e. The largest absolute Gasteiger partial charge is 0.316 e. The second-order valence-electron chi connectivity index (χ2n) is 6.39. The maximum Gasteiger partial charge on any atom is 0.0521 e. The maximum atomic E-state index is 4.28. The predicted octanol–water partition coefficient (Wildman–Crippen LogP) is 3.30. The van der Waals surface area contributed by atoms with Crippen molar-refractivity contribution in [1.82, 2.24) is 15.1 Å². The fourth-order valence-electron chi connectivity index (χ4n) is 2.55. The molecule has 0 aliphatic rings. The topological polar surface area (TPSA) is 29.9 Å². The van der Waals surface area contributed by atoms with Gasteiger partial charge in [0.15, 0.2) is 0 Å². The summed E-state index contributed by atoms with van der Waals surface area (Å²) in [4.78, 5) is 0. The molecule has 0 radical (unpaired) electrons. The zero-order chi connectivity index (χ0) is 15.2. The van der Waals surface area contributed by atoms with E-state index < -0.39 is 0 Å². The molecule has 2 rings (SSSR count). The average molecular weight is 285 g/mol. The summed E-state index contributed by atoms with van der Waals surface area (Å²) in [7, 11) is 1.97. The molecule has 0 amide bonds. The zero-order valence-corrected chi connectivity index (χ0v) is 13.6. The van der Waals surface area contributed by atoms with Gasteiger partial charge in [-0.25, -0.2) is 0 Å². The molecule has 114 valence electrons. The van der Waals surface area contributed by atoms with Crippen molar-refractivity contribution in [2.45, 2.75) is 33.1 Å². The predicted molar refractivity (Wildman–Crippen MR) is 88.5 cm³/mol. The number of nitrogens with zero attached hydrogens (tertiary/aromatic N) is 2. The molecule has 21 heavy (non-hydrogen) atoms. The number of benzene rings is 1. The van der Waals surface area contributed by atoms with Crippen LogP contribution in [0.2, 0.25) is 0 Å². The molecule has 1 heterocycles. The van der Waals surface area contributed by atoms with Crippen molar-refractivity contribution >= 4 is 0 Å². The number of hydrogen-bond donors (Lipinski definition) is 1. The number of aryl methyl sites for hydroxylation is 2. The van der Waals surface area contributed by atoms with Crippen molar-refractivity contribution in [1.29, 1.82) is 0 Å². The van der Waals surface area contributed by atoms with Crippen LogP contribution in [0.1, 0.15) is 36.5 Å². The molecule has 3 heteroatoms. The lowest BCUT2D eigenvalue weighted by molar-refractivity contribution is 0.514. The highest BCUT2D eigenvalue weighted by Gasteiger charge is 2.13. The first-order valence-corrected chi connectivity index (χ1v) is 7.79. The lowest BCUT2D eigenvalue weighted by atomic mass is 9.92. The van der Waals surface area contributed by atoms with E-state index in [9.17, 15) is 0 Å². The van der Waals surface area contributed by atoms with Gasteiger partial charge in [-0.15, -0.1) is 0 Å². The van der Waals surface area contributed by atoms with E-state index in [0.29, 0.717) is 11.8 Å². The van der Waals surface area contributed by atoms with E-state index in [4.69, 9.17) is 0 Å². The van der Waals surface area contributed by atoms with Crippen LogP contribution in [0.3, 0.4) is 0 Å². The second-order valence-corrected chi connectivity index (χ2v) is 6.39. The van der Waals surface area contributed by atoms with Gasteiger partial charge in [0, 0.05) is 25.7 Å². The molecule has 1 unspecified atom stereocenters. The van der Waals surface area contributed by atoms with E-state index in [1.54, 1.807) is 0 Å². The van der Waals surface area contributed by atoms with E-state index >= 15 is 0 Å². The summed E-state index contributed by atoms with van der Waals surface area (Å²) in [5.74, 6) is 1.18. The first-order chi connectivity index (χ1) is 10.0. The third-order valence-corrected chi connectivity index (χ3v) is 3.73. The van der Waals surface area contributed by atoms with Crippen LogP contribution in [-0.2, 0) is 13.5 Å². The van der Waals surface area contributed by atoms with Gasteiger partial charge in [0.05, 0.1) is 6.20 Å². The third kappa shape index (κ3) is 5.01. The highest BCUT2D eigenvalue weighted by molar-refractivity contribution is 5.26. The number of hydrogen-bond acceptors (Lipinski definition) is 2. The molecule has 2 aromatic rings. The van der Waals surface area contributed by atoms with Crippen molar-refractivity contribution in [3.8, 4) is 0 Å². The van der Waals surface area contributed by atoms with Crippen LogP contribution < -0.4 is 5.32 Å². The lowest BCUT2D eigenvalue weighted by Gasteiger charge is -2.19. The minimum absolute atomic E-state index is 0.494. The normalized spacial score (nSPS) is 12.8. The van der Waals surface area contributed by atoms with Gasteiger partial charge in [0.2, 0.25) is 0 Å². The summed E-state index contributed by atoms with van der Waals surface area (Å²) in [5.41, 5.74) is 4.02. The Kier molecular flexibility index (Phi) is 5.57. The molecule has 3 nitrogen and oxygen atoms in total. The van der Waals surface area contributed by atoms with Crippen LogP contribution in [0.4, 0.5) is 0 Å². The van der Waals surface area contributed by atoms with Gasteiger partial charge in [-0.05, 0) is 36.9 Å². The van der Waals surface area contributed by atoms with E-state index in [-0.39, 0.29) is 0 Å². The van der Waals surface area contributed by atoms with E-state index in [0.717, 1.165) is 19.5 Å². The molecule has 0 aliphatic carbocycles. The molecule has 1 aromatic heterocycles. The molecule has 1 N–H and O–H groups in total. The Bertz CT molecular complexity index is 540. The monoisotopic (exact) mass is 285 g/mol. The number of rotatable bonds is 7. The fraction of sp³-hybridized carbons (Fsp3) is 0.500. The minimum Gasteiger partial charge on any atom is -0.316 e. The van der Waals surface area contributed by atoms with Crippen molar-refractivity contribution in [3.63, 3.8) is 0 Å². The first-order valence-electron chi connectivity index (χ1n) is 7.79. The van der Waals surface area contributed by atoms with E-state index in [1.165, 1.54) is 16.7 Å². The van der Waals surface area contributed by atoms with Gasteiger partial charge in [0.1, 0.15) is 0 Å². The average Bonchev–Trinajstić information content (AvgIpc) is 2.84. The molecule has 0 fully saturated rings. The lowest BCUT2D eigenvalue weighted by Crippen LogP contribution is -2.26. The van der Waals surface area contributed by atoms with Gasteiger partial charge in [-0.1, -0.05) is 43.7 Å². The third-order valence-electron chi connectivity index (χ3n) is 3.73. The van der Waals surface area contributed by atoms with Crippen molar-refractivity contribution in [3.05, 3.63) is 53.3 Å². The highest BCUT2D eigenvalue weighted by Crippen LogP contribution is 2.21. The van der Waals surface area contributed by atoms with Crippen molar-refractivity contribution in [2.24, 2.45) is 13.0 Å². The van der Waals surface area contributed by atoms with Gasteiger partial charge >= 0.3 is 0 Å². The summed E-state index contributed by atoms with van der Waals surface area (Å²) in [5, 5.41) is 7.88. The highest BCUT2D eigenvalue weighted by atomic mass is 15.2. The standard InChI is InChI=1S/C18H27N3/c1-14(2)10-19-12-18(9-16-11-20-21(4)13-16)17-7-5-15(3)6-8-17/h5-8,11,13-14,18-19H,9-10,12H2,1-4H3. The molecule has 0 saturated heterocycles. The summed E-state index contributed by atoms with van der Waals surface area (Å²) < 4.78 is 1.88. The van der Waals surface area contributed by atoms with Crippen LogP contribution in [-0.4, -0.2) is 22.9 Å². The Morgan fingerprint density at radius 3 is 2.43 bits per heavy atom. The van der Waals surface area contributed by atoms with Crippen LogP contribution in [0.15, 0.2) is 36.7 Å². The zero-order valence-electron chi connectivity index (χ0n) is 13.6. The second kappa shape index (κ2) is 7.41. The van der Waals surface area contributed by atoms with Crippen molar-refractivity contribution in [2.75, 3.05) is 13.1 Å². The quantitative estimate of drug-likeness (QED) is 0.846. The first kappa shape index (κ1) is 15.8. The Balaban J connectivity index is 2.07. The van der Waals surface area contributed by atoms with Crippen molar-refractivity contribution < 1.29 is 0 Å². The van der Waals surface area contributed by atoms with Gasteiger partial charge in [-0.3, -0.25) is 4.68 Å². The van der Waals surface area contributed by atoms with Gasteiger partial charge < -0.3 is 5.32 Å². The fourth-order valence-corrected chi connectivity index (χ4v) is 2.55. The van der Waals surface area contributed by atoms with Gasteiger partial charge in [-0.2, -0.15) is 5.10 Å². The Morgan fingerprint density at radius 2 is 1.86 bits per heavy atom. The SMILES string of the molecule is Cc1ccc(C(CNCC(C)C)Cc2cnn(C)c2)cc1. The van der Waals surface area contributed by atoms with E-state index in [2.05, 4.69) is 61.6 Å². The summed E-state index contributed by atoms with van der Waals surface area (Å²) in [6.07, 6.45) is 5.12. The molecule has 0 aliphatic heterocycles. The van der Waals surface area contributed by atoms with Crippen LogP contribution >= 0.6 is 0 Å². The van der Waals surface area contributed by atoms with E-state index in [1.807, 2.05) is 17.9 Å². The molecule has 1 aromatic carbocycles. The maximum absolute atomic E-state index is 4.28. The van der Waals surface area contributed by atoms with Crippen LogP contribution in [0.5, 0.6) is 0 Å². The number of nitrogens with one attached hydrogen (secondary N) is 1. The summed E-state index contributed by atoms with van der Waals surface area (Å²) in [6.45, 7) is 8.70. The Labute approximate surface area is 128 Å². The molecule has 0 bridgehead atoms. The summed E-state index contributed by atoms with van der Waals surface area (Å²) in [6, 6.07) is 8.92. The van der Waals surface area contributed by atoms with Crippen LogP contribution in [0, 0.1) is 12.8 Å². The molecule has 1 atom stereocenters. The molecular formula is C18H27N3. The Hall–Kier alpha value is -1.61. The molecule has 0 saturated carbocycles. The number of aromatic nitrogens is 2. The molecule has 0 spiro atoms. The molecular weight excluding hydrogens is 258 g/mol. The Morgan fingerprint density at radius 1 is 1.14 bits per heavy atom. The minimum atomic E-state index is 0.494. The summed E-state index contributed by atoms with van der Waals surface area (Å²) >= 11 is 0.